The summed E-state index contributed by atoms with van der Waals surface area (Å²) in [7, 11) is 1.40. The number of ether oxygens (including phenoxy) is 2. The predicted molar refractivity (Wildman–Crippen MR) is 75.4 cm³/mol. The average molecular weight is 265 g/mol. The second-order valence-corrected chi connectivity index (χ2v) is 4.77. The van der Waals surface area contributed by atoms with Crippen molar-refractivity contribution in [1.82, 2.24) is 5.32 Å². The number of hydrogen-bond donors (Lipinski definition) is 1. The van der Waals surface area contributed by atoms with Gasteiger partial charge in [-0.2, -0.15) is 0 Å². The van der Waals surface area contributed by atoms with Crippen molar-refractivity contribution in [2.45, 2.75) is 32.7 Å². The summed E-state index contributed by atoms with van der Waals surface area (Å²) in [4.78, 5) is 11.8. The van der Waals surface area contributed by atoms with E-state index in [9.17, 15) is 4.79 Å². The Hall–Kier alpha value is -1.55. The Balaban J connectivity index is 2.55. The molecule has 0 radical (unpaired) electrons. The zero-order valence-corrected chi connectivity index (χ0v) is 12.2. The number of esters is 1. The van der Waals surface area contributed by atoms with Crippen molar-refractivity contribution in [3.05, 3.63) is 29.8 Å². The van der Waals surface area contributed by atoms with Crippen molar-refractivity contribution in [1.29, 1.82) is 0 Å². The molecule has 0 bridgehead atoms. The molecule has 0 aliphatic rings. The summed E-state index contributed by atoms with van der Waals surface area (Å²) >= 11 is 0. The number of rotatable bonds is 7. The van der Waals surface area contributed by atoms with Gasteiger partial charge in [0.05, 0.1) is 13.7 Å². The van der Waals surface area contributed by atoms with E-state index in [2.05, 4.69) is 5.32 Å². The molecule has 1 rings (SSSR count). The first-order valence-corrected chi connectivity index (χ1v) is 6.54. The van der Waals surface area contributed by atoms with Crippen LogP contribution < -0.4 is 10.1 Å². The van der Waals surface area contributed by atoms with Gasteiger partial charge in [-0.3, -0.25) is 4.79 Å². The zero-order valence-electron chi connectivity index (χ0n) is 12.2. The number of carbonyl (C=O) groups is 1. The lowest BCUT2D eigenvalue weighted by Gasteiger charge is -2.27. The summed E-state index contributed by atoms with van der Waals surface area (Å²) in [5.74, 6) is 0.561. The Morgan fingerprint density at radius 1 is 1.42 bits per heavy atom. The van der Waals surface area contributed by atoms with Gasteiger partial charge >= 0.3 is 5.97 Å². The molecule has 0 fully saturated rings. The molecular weight excluding hydrogens is 242 g/mol. The smallest absolute Gasteiger partial charge is 0.325 e. The minimum absolute atomic E-state index is 0.262. The van der Waals surface area contributed by atoms with Crippen molar-refractivity contribution < 1.29 is 14.3 Å². The van der Waals surface area contributed by atoms with Gasteiger partial charge in [0.1, 0.15) is 11.3 Å². The van der Waals surface area contributed by atoms with Crippen molar-refractivity contribution in [3.63, 3.8) is 0 Å². The minimum Gasteiger partial charge on any atom is -0.493 e. The number of nitrogens with one attached hydrogen (secondary N) is 1. The molecule has 1 aromatic rings. The number of carbonyl (C=O) groups excluding carboxylic acids is 1. The number of benzene rings is 1. The van der Waals surface area contributed by atoms with Gasteiger partial charge in [-0.15, -0.1) is 0 Å². The highest BCUT2D eigenvalue weighted by Gasteiger charge is 2.33. The number of methoxy groups -OCH3 is 1. The molecule has 0 saturated carbocycles. The van der Waals surface area contributed by atoms with E-state index >= 15 is 0 Å². The van der Waals surface area contributed by atoms with E-state index in [1.807, 2.05) is 45.0 Å². The molecule has 0 saturated heterocycles. The summed E-state index contributed by atoms with van der Waals surface area (Å²) < 4.78 is 10.5. The van der Waals surface area contributed by atoms with Crippen LogP contribution in [0.4, 0.5) is 0 Å². The Morgan fingerprint density at radius 3 is 2.74 bits per heavy atom. The van der Waals surface area contributed by atoms with E-state index in [-0.39, 0.29) is 5.97 Å². The molecule has 0 aromatic heterocycles. The van der Waals surface area contributed by atoms with Crippen LogP contribution in [0.25, 0.3) is 0 Å². The number of aryl methyl sites for hydroxylation is 1. The second kappa shape index (κ2) is 7.14. The maximum Gasteiger partial charge on any atom is 0.325 e. The van der Waals surface area contributed by atoms with Crippen LogP contribution in [0.5, 0.6) is 5.75 Å². The SMILES string of the molecule is CCNC(C)(CCOc1cccc(C)c1)C(=O)OC. The van der Waals surface area contributed by atoms with Crippen LogP contribution in [0.3, 0.4) is 0 Å². The normalized spacial score (nSPS) is 13.7. The maximum atomic E-state index is 11.8. The zero-order chi connectivity index (χ0) is 14.3. The molecule has 0 heterocycles. The maximum absolute atomic E-state index is 11.8. The van der Waals surface area contributed by atoms with Crippen LogP contribution in [-0.2, 0) is 9.53 Å². The van der Waals surface area contributed by atoms with E-state index in [1.54, 1.807) is 0 Å². The Labute approximate surface area is 115 Å². The quantitative estimate of drug-likeness (QED) is 0.769. The third kappa shape index (κ3) is 4.56. The van der Waals surface area contributed by atoms with Crippen LogP contribution in [0, 0.1) is 6.92 Å². The molecule has 0 aliphatic heterocycles. The topological polar surface area (TPSA) is 47.6 Å². The average Bonchev–Trinajstić information content (AvgIpc) is 2.38. The largest absolute Gasteiger partial charge is 0.493 e. The van der Waals surface area contributed by atoms with E-state index in [4.69, 9.17) is 9.47 Å². The lowest BCUT2D eigenvalue weighted by Crippen LogP contribution is -2.51. The molecule has 0 spiro atoms. The molecule has 0 aliphatic carbocycles. The molecule has 1 aromatic carbocycles. The third-order valence-electron chi connectivity index (χ3n) is 3.06. The van der Waals surface area contributed by atoms with Crippen LogP contribution in [0.2, 0.25) is 0 Å². The van der Waals surface area contributed by atoms with Gasteiger partial charge in [0.2, 0.25) is 0 Å². The molecular formula is C15H23NO3. The molecule has 19 heavy (non-hydrogen) atoms. The van der Waals surface area contributed by atoms with Gasteiger partial charge in [-0.25, -0.2) is 0 Å². The summed E-state index contributed by atoms with van der Waals surface area (Å²) in [6, 6.07) is 7.86. The highest BCUT2D eigenvalue weighted by Crippen LogP contribution is 2.16. The fourth-order valence-corrected chi connectivity index (χ4v) is 1.96. The van der Waals surface area contributed by atoms with E-state index in [1.165, 1.54) is 7.11 Å². The fraction of sp³-hybridized carbons (Fsp3) is 0.533. The first-order valence-electron chi connectivity index (χ1n) is 6.54. The van der Waals surface area contributed by atoms with E-state index in [0.717, 1.165) is 11.3 Å². The Morgan fingerprint density at radius 2 is 2.16 bits per heavy atom. The van der Waals surface area contributed by atoms with Gasteiger partial charge in [0.15, 0.2) is 0 Å². The van der Waals surface area contributed by atoms with E-state index < -0.39 is 5.54 Å². The molecule has 1 N–H and O–H groups in total. The first kappa shape index (κ1) is 15.5. The fourth-order valence-electron chi connectivity index (χ4n) is 1.96. The summed E-state index contributed by atoms with van der Waals surface area (Å²) in [5, 5.41) is 3.15. The van der Waals surface area contributed by atoms with Gasteiger partial charge < -0.3 is 14.8 Å². The van der Waals surface area contributed by atoms with Crippen molar-refractivity contribution in [2.75, 3.05) is 20.3 Å². The molecule has 4 nitrogen and oxygen atoms in total. The van der Waals surface area contributed by atoms with Crippen molar-refractivity contribution >= 4 is 5.97 Å². The standard InChI is InChI=1S/C15H23NO3/c1-5-16-15(3,14(17)18-4)9-10-19-13-8-6-7-12(2)11-13/h6-8,11,16H,5,9-10H2,1-4H3. The van der Waals surface area contributed by atoms with Crippen LogP contribution in [0.15, 0.2) is 24.3 Å². The van der Waals surface area contributed by atoms with Gasteiger partial charge in [-0.05, 0) is 38.1 Å². The van der Waals surface area contributed by atoms with Gasteiger partial charge in [-0.1, -0.05) is 19.1 Å². The molecule has 106 valence electrons. The van der Waals surface area contributed by atoms with Crippen LogP contribution >= 0.6 is 0 Å². The van der Waals surface area contributed by atoms with Crippen molar-refractivity contribution in [3.8, 4) is 5.75 Å². The summed E-state index contributed by atoms with van der Waals surface area (Å²) in [5.41, 5.74) is 0.452. The molecule has 4 heteroatoms. The van der Waals surface area contributed by atoms with Gasteiger partial charge in [0.25, 0.3) is 0 Å². The Bertz CT molecular complexity index is 420. The molecule has 1 unspecified atom stereocenters. The van der Waals surface area contributed by atoms with E-state index in [0.29, 0.717) is 19.6 Å². The molecule has 0 amide bonds. The van der Waals surface area contributed by atoms with Gasteiger partial charge in [0, 0.05) is 6.42 Å². The lowest BCUT2D eigenvalue weighted by molar-refractivity contribution is -0.148. The van der Waals surface area contributed by atoms with Crippen LogP contribution in [-0.4, -0.2) is 31.8 Å². The molecule has 1 atom stereocenters. The highest BCUT2D eigenvalue weighted by molar-refractivity contribution is 5.80. The number of likely N-dealkylation sites (N-methyl/N-ethyl adjacent to an activating group) is 1. The second-order valence-electron chi connectivity index (χ2n) is 4.77. The third-order valence-corrected chi connectivity index (χ3v) is 3.06. The first-order chi connectivity index (χ1) is 9.01. The Kier molecular flexibility index (Phi) is 5.83. The van der Waals surface area contributed by atoms with Crippen LogP contribution in [0.1, 0.15) is 25.8 Å². The monoisotopic (exact) mass is 265 g/mol. The predicted octanol–water partition coefficient (Wildman–Crippen LogP) is 2.31. The lowest BCUT2D eigenvalue weighted by atomic mass is 9.98. The summed E-state index contributed by atoms with van der Waals surface area (Å²) in [6.45, 7) is 6.98. The summed E-state index contributed by atoms with van der Waals surface area (Å²) in [6.07, 6.45) is 0.557. The van der Waals surface area contributed by atoms with Crippen molar-refractivity contribution in [2.24, 2.45) is 0 Å². The number of hydrogen-bond acceptors (Lipinski definition) is 4. The minimum atomic E-state index is -0.701. The highest BCUT2D eigenvalue weighted by atomic mass is 16.5.